The number of halogens is 1. The summed E-state index contributed by atoms with van der Waals surface area (Å²) in [6.07, 6.45) is 0.168. The predicted octanol–water partition coefficient (Wildman–Crippen LogP) is 0.982. The van der Waals surface area contributed by atoms with Gasteiger partial charge >= 0.3 is 0 Å². The number of carbonyl (C=O) groups is 2. The van der Waals surface area contributed by atoms with Gasteiger partial charge in [-0.1, -0.05) is 23.7 Å². The molecular weight excluding hydrogens is 266 g/mol. The number of nitrogens with one attached hydrogen (secondary N) is 2. The number of benzene rings is 1. The number of amides is 2. The molecule has 0 radical (unpaired) electrons. The Bertz CT molecular complexity index is 434. The van der Waals surface area contributed by atoms with Crippen LogP contribution in [0.2, 0.25) is 5.02 Å². The van der Waals surface area contributed by atoms with Gasteiger partial charge in [-0.25, -0.2) is 0 Å². The topological polar surface area (TPSA) is 84.2 Å². The van der Waals surface area contributed by atoms with E-state index in [1.807, 2.05) is 0 Å². The molecule has 5 nitrogen and oxygen atoms in total. The summed E-state index contributed by atoms with van der Waals surface area (Å²) in [5.41, 5.74) is 6.15. The molecule has 2 amide bonds. The van der Waals surface area contributed by atoms with E-state index in [4.69, 9.17) is 17.3 Å². The van der Waals surface area contributed by atoms with Gasteiger partial charge in [0.25, 0.3) is 0 Å². The number of hydrogen-bond acceptors (Lipinski definition) is 3. The highest BCUT2D eigenvalue weighted by Crippen LogP contribution is 2.19. The molecule has 1 rings (SSSR count). The zero-order valence-corrected chi connectivity index (χ0v) is 11.5. The lowest BCUT2D eigenvalue weighted by Gasteiger charge is -2.18. The number of carbonyl (C=O) groups excluding carboxylic acids is 2. The molecule has 0 aliphatic heterocycles. The molecule has 0 fully saturated rings. The molecule has 0 heterocycles. The van der Waals surface area contributed by atoms with Crippen molar-refractivity contribution in [3.63, 3.8) is 0 Å². The van der Waals surface area contributed by atoms with E-state index in [9.17, 15) is 9.59 Å². The van der Waals surface area contributed by atoms with Crippen LogP contribution in [-0.2, 0) is 9.59 Å². The van der Waals surface area contributed by atoms with Gasteiger partial charge in [0.05, 0.1) is 12.5 Å². The zero-order valence-electron chi connectivity index (χ0n) is 10.8. The maximum absolute atomic E-state index is 11.7. The summed E-state index contributed by atoms with van der Waals surface area (Å²) in [5.74, 6) is -0.342. The fourth-order valence-corrected chi connectivity index (χ4v) is 1.79. The predicted molar refractivity (Wildman–Crippen MR) is 74.7 cm³/mol. The van der Waals surface area contributed by atoms with E-state index in [0.717, 1.165) is 5.56 Å². The van der Waals surface area contributed by atoms with Gasteiger partial charge in [0.1, 0.15) is 0 Å². The molecule has 1 aromatic carbocycles. The molecule has 1 unspecified atom stereocenters. The summed E-state index contributed by atoms with van der Waals surface area (Å²) in [6.45, 7) is 2.23. The summed E-state index contributed by atoms with van der Waals surface area (Å²) < 4.78 is 0. The maximum atomic E-state index is 11.7. The molecule has 104 valence electrons. The second kappa shape index (κ2) is 7.76. The minimum Gasteiger partial charge on any atom is -0.355 e. The zero-order chi connectivity index (χ0) is 14.3. The molecule has 0 aromatic heterocycles. The van der Waals surface area contributed by atoms with E-state index in [1.165, 1.54) is 6.92 Å². The molecule has 0 saturated heterocycles. The van der Waals surface area contributed by atoms with Crippen LogP contribution in [0.15, 0.2) is 24.3 Å². The Morgan fingerprint density at radius 1 is 1.32 bits per heavy atom. The third kappa shape index (κ3) is 5.72. The summed E-state index contributed by atoms with van der Waals surface area (Å²) in [7, 11) is 0. The summed E-state index contributed by atoms with van der Waals surface area (Å²) in [6, 6.07) is 6.67. The minimum absolute atomic E-state index is 0.154. The Hall–Kier alpha value is -1.59. The van der Waals surface area contributed by atoms with Gasteiger partial charge in [-0.3, -0.25) is 9.59 Å². The Morgan fingerprint density at radius 3 is 2.47 bits per heavy atom. The van der Waals surface area contributed by atoms with Crippen molar-refractivity contribution in [3.8, 4) is 0 Å². The molecule has 19 heavy (non-hydrogen) atoms. The smallest absolute Gasteiger partial charge is 0.222 e. The van der Waals surface area contributed by atoms with E-state index in [2.05, 4.69) is 10.6 Å². The molecule has 0 spiro atoms. The Morgan fingerprint density at radius 2 is 1.95 bits per heavy atom. The molecule has 1 atom stereocenters. The fraction of sp³-hybridized carbons (Fsp3) is 0.385. The van der Waals surface area contributed by atoms with Crippen LogP contribution < -0.4 is 16.4 Å². The average molecular weight is 284 g/mol. The highest BCUT2D eigenvalue weighted by molar-refractivity contribution is 6.30. The van der Waals surface area contributed by atoms with E-state index in [-0.39, 0.29) is 24.3 Å². The van der Waals surface area contributed by atoms with E-state index in [1.54, 1.807) is 24.3 Å². The van der Waals surface area contributed by atoms with Crippen molar-refractivity contribution in [3.05, 3.63) is 34.9 Å². The SMILES string of the molecule is CC(=O)NC(CC(=O)NCCN)c1ccc(Cl)cc1. The highest BCUT2D eigenvalue weighted by atomic mass is 35.5. The van der Waals surface area contributed by atoms with Crippen LogP contribution in [-0.4, -0.2) is 24.9 Å². The minimum atomic E-state index is -0.368. The lowest BCUT2D eigenvalue weighted by Crippen LogP contribution is -2.34. The lowest BCUT2D eigenvalue weighted by molar-refractivity contribution is -0.122. The third-order valence-corrected chi connectivity index (χ3v) is 2.76. The first kappa shape index (κ1) is 15.5. The van der Waals surface area contributed by atoms with Crippen LogP contribution in [0, 0.1) is 0 Å². The average Bonchev–Trinajstić information content (AvgIpc) is 2.36. The molecule has 6 heteroatoms. The van der Waals surface area contributed by atoms with E-state index < -0.39 is 0 Å². The molecule has 1 aromatic rings. The van der Waals surface area contributed by atoms with Crippen molar-refractivity contribution in [1.82, 2.24) is 10.6 Å². The second-order valence-corrected chi connectivity index (χ2v) is 4.58. The van der Waals surface area contributed by atoms with Gasteiger partial charge in [0.2, 0.25) is 11.8 Å². The highest BCUT2D eigenvalue weighted by Gasteiger charge is 2.16. The Kier molecular flexibility index (Phi) is 6.32. The van der Waals surface area contributed by atoms with Gasteiger partial charge < -0.3 is 16.4 Å². The molecule has 0 bridgehead atoms. The fourth-order valence-electron chi connectivity index (χ4n) is 1.66. The van der Waals surface area contributed by atoms with Crippen LogP contribution >= 0.6 is 11.6 Å². The van der Waals surface area contributed by atoms with Gasteiger partial charge in [0, 0.05) is 25.0 Å². The maximum Gasteiger partial charge on any atom is 0.222 e. The summed E-state index contributed by atoms with van der Waals surface area (Å²) in [4.78, 5) is 22.9. The molecule has 0 aliphatic rings. The number of rotatable bonds is 6. The summed E-state index contributed by atoms with van der Waals surface area (Å²) in [5, 5.41) is 6.03. The van der Waals surface area contributed by atoms with Crippen molar-refractivity contribution in [2.75, 3.05) is 13.1 Å². The quantitative estimate of drug-likeness (QED) is 0.728. The number of nitrogens with two attached hydrogens (primary N) is 1. The monoisotopic (exact) mass is 283 g/mol. The van der Waals surface area contributed by atoms with Gasteiger partial charge in [-0.15, -0.1) is 0 Å². The largest absolute Gasteiger partial charge is 0.355 e. The van der Waals surface area contributed by atoms with Crippen LogP contribution in [0.4, 0.5) is 0 Å². The number of hydrogen-bond donors (Lipinski definition) is 3. The van der Waals surface area contributed by atoms with Crippen LogP contribution in [0.3, 0.4) is 0 Å². The molecule has 0 aliphatic carbocycles. The van der Waals surface area contributed by atoms with Crippen LogP contribution in [0.1, 0.15) is 24.9 Å². The van der Waals surface area contributed by atoms with Crippen molar-refractivity contribution < 1.29 is 9.59 Å². The van der Waals surface area contributed by atoms with Crippen molar-refractivity contribution in [2.24, 2.45) is 5.73 Å². The van der Waals surface area contributed by atoms with E-state index >= 15 is 0 Å². The lowest BCUT2D eigenvalue weighted by atomic mass is 10.0. The van der Waals surface area contributed by atoms with Gasteiger partial charge in [-0.2, -0.15) is 0 Å². The molecule has 4 N–H and O–H groups in total. The van der Waals surface area contributed by atoms with Gasteiger partial charge in [-0.05, 0) is 17.7 Å². The molecule has 0 saturated carbocycles. The third-order valence-electron chi connectivity index (χ3n) is 2.51. The normalized spacial score (nSPS) is 11.7. The van der Waals surface area contributed by atoms with Crippen molar-refractivity contribution in [2.45, 2.75) is 19.4 Å². The first-order valence-electron chi connectivity index (χ1n) is 6.02. The Labute approximate surface area is 117 Å². The van der Waals surface area contributed by atoms with Crippen LogP contribution in [0.5, 0.6) is 0 Å². The molecular formula is C13H18ClN3O2. The summed E-state index contributed by atoms with van der Waals surface area (Å²) >= 11 is 5.82. The second-order valence-electron chi connectivity index (χ2n) is 4.15. The van der Waals surface area contributed by atoms with Crippen LogP contribution in [0.25, 0.3) is 0 Å². The van der Waals surface area contributed by atoms with Gasteiger partial charge in [0.15, 0.2) is 0 Å². The van der Waals surface area contributed by atoms with E-state index in [0.29, 0.717) is 18.1 Å². The first-order valence-corrected chi connectivity index (χ1v) is 6.40. The van der Waals surface area contributed by atoms with Crippen molar-refractivity contribution >= 4 is 23.4 Å². The first-order chi connectivity index (χ1) is 9.02. The van der Waals surface area contributed by atoms with Crippen molar-refractivity contribution in [1.29, 1.82) is 0 Å². The Balaban J connectivity index is 2.74. The standard InChI is InChI=1S/C13H18ClN3O2/c1-9(18)17-12(8-13(19)16-7-6-15)10-2-4-11(14)5-3-10/h2-5,12H,6-8,15H2,1H3,(H,16,19)(H,17,18).